The Hall–Kier alpha value is -1.81. The zero-order valence-electron chi connectivity index (χ0n) is 13.4. The fourth-order valence-electron chi connectivity index (χ4n) is 3.13. The van der Waals surface area contributed by atoms with Crippen molar-refractivity contribution in [2.24, 2.45) is 0 Å². The molecule has 0 unspecified atom stereocenters. The van der Waals surface area contributed by atoms with Crippen LogP contribution in [0.3, 0.4) is 0 Å². The van der Waals surface area contributed by atoms with E-state index in [1.165, 1.54) is 10.4 Å². The summed E-state index contributed by atoms with van der Waals surface area (Å²) in [5.74, 6) is 0.636. The van der Waals surface area contributed by atoms with Gasteiger partial charge in [0.25, 0.3) is 0 Å². The van der Waals surface area contributed by atoms with E-state index in [-0.39, 0.29) is 6.03 Å². The van der Waals surface area contributed by atoms with Crippen LogP contribution in [-0.2, 0) is 6.42 Å². The number of hydrogen-bond acceptors (Lipinski definition) is 2. The van der Waals surface area contributed by atoms with Crippen LogP contribution in [0.5, 0.6) is 0 Å². The summed E-state index contributed by atoms with van der Waals surface area (Å²) < 4.78 is 0. The first-order valence-corrected chi connectivity index (χ1v) is 9.31. The smallest absolute Gasteiger partial charge is 0.317 e. The van der Waals surface area contributed by atoms with Crippen molar-refractivity contribution in [1.82, 2.24) is 10.2 Å². The molecule has 0 atom stereocenters. The number of benzene rings is 1. The van der Waals surface area contributed by atoms with E-state index in [1.807, 2.05) is 22.3 Å². The van der Waals surface area contributed by atoms with E-state index < -0.39 is 0 Å². The Morgan fingerprint density at radius 1 is 1.13 bits per heavy atom. The Labute approximate surface area is 142 Å². The monoisotopic (exact) mass is 328 g/mol. The maximum Gasteiger partial charge on any atom is 0.317 e. The lowest BCUT2D eigenvalue weighted by Crippen LogP contribution is -2.44. The lowest BCUT2D eigenvalue weighted by Gasteiger charge is -2.31. The molecule has 1 aromatic heterocycles. The van der Waals surface area contributed by atoms with Gasteiger partial charge >= 0.3 is 6.03 Å². The largest absolute Gasteiger partial charge is 0.338 e. The van der Waals surface area contributed by atoms with Gasteiger partial charge < -0.3 is 10.2 Å². The number of hydrogen-bond donors (Lipinski definition) is 1. The molecule has 0 aliphatic carbocycles. The molecule has 0 bridgehead atoms. The lowest BCUT2D eigenvalue weighted by atomic mass is 9.95. The van der Waals surface area contributed by atoms with Crippen molar-refractivity contribution in [3.63, 3.8) is 0 Å². The molecule has 122 valence electrons. The number of urea groups is 1. The number of likely N-dealkylation sites (tertiary alicyclic amines) is 1. The second kappa shape index (κ2) is 8.16. The van der Waals surface area contributed by atoms with Crippen LogP contribution in [-0.4, -0.2) is 30.6 Å². The van der Waals surface area contributed by atoms with Gasteiger partial charge in [-0.3, -0.25) is 0 Å². The van der Waals surface area contributed by atoms with Gasteiger partial charge in [0.2, 0.25) is 0 Å². The van der Waals surface area contributed by atoms with Gasteiger partial charge in [-0.05, 0) is 48.6 Å². The standard InChI is InChI=1S/C19H24N2OS/c22-19(20-12-4-8-16-6-2-1-3-7-16)21-13-10-17(11-14-21)18-9-5-15-23-18/h1-3,5-7,9,15,17H,4,8,10-14H2,(H,20,22). The summed E-state index contributed by atoms with van der Waals surface area (Å²) in [6.07, 6.45) is 4.17. The van der Waals surface area contributed by atoms with E-state index in [4.69, 9.17) is 0 Å². The van der Waals surface area contributed by atoms with Gasteiger partial charge in [0, 0.05) is 24.5 Å². The molecule has 4 heteroatoms. The molecule has 1 N–H and O–H groups in total. The Bertz CT molecular complexity index is 589. The summed E-state index contributed by atoms with van der Waals surface area (Å²) in [5, 5.41) is 5.20. The molecule has 0 radical (unpaired) electrons. The quantitative estimate of drug-likeness (QED) is 0.817. The molecule has 3 rings (SSSR count). The second-order valence-electron chi connectivity index (χ2n) is 6.10. The first kappa shape index (κ1) is 16.1. The van der Waals surface area contributed by atoms with Crippen LogP contribution in [0.15, 0.2) is 47.8 Å². The summed E-state index contributed by atoms with van der Waals surface area (Å²) in [6.45, 7) is 2.48. The van der Waals surface area contributed by atoms with E-state index >= 15 is 0 Å². The average molecular weight is 328 g/mol. The normalized spacial score (nSPS) is 15.6. The summed E-state index contributed by atoms with van der Waals surface area (Å²) in [6, 6.07) is 14.9. The van der Waals surface area contributed by atoms with Crippen molar-refractivity contribution in [2.45, 2.75) is 31.6 Å². The molecule has 2 aromatic rings. The van der Waals surface area contributed by atoms with Crippen LogP contribution in [0.25, 0.3) is 0 Å². The SMILES string of the molecule is O=C(NCCCc1ccccc1)N1CCC(c2cccs2)CC1. The number of carbonyl (C=O) groups is 1. The zero-order chi connectivity index (χ0) is 15.9. The lowest BCUT2D eigenvalue weighted by molar-refractivity contribution is 0.181. The zero-order valence-corrected chi connectivity index (χ0v) is 14.2. The summed E-state index contributed by atoms with van der Waals surface area (Å²) in [7, 11) is 0. The molecule has 23 heavy (non-hydrogen) atoms. The molecule has 1 fully saturated rings. The van der Waals surface area contributed by atoms with E-state index in [9.17, 15) is 4.79 Å². The van der Waals surface area contributed by atoms with Crippen LogP contribution < -0.4 is 5.32 Å². The van der Waals surface area contributed by atoms with Gasteiger partial charge in [-0.25, -0.2) is 4.79 Å². The van der Waals surface area contributed by atoms with Gasteiger partial charge in [0.05, 0.1) is 0 Å². The maximum absolute atomic E-state index is 12.2. The predicted octanol–water partition coefficient (Wildman–Crippen LogP) is 4.27. The third-order valence-electron chi connectivity index (χ3n) is 4.49. The number of carbonyl (C=O) groups excluding carboxylic acids is 1. The molecule has 1 aliphatic heterocycles. The van der Waals surface area contributed by atoms with Gasteiger partial charge in [0.15, 0.2) is 0 Å². The van der Waals surface area contributed by atoms with E-state index in [0.29, 0.717) is 5.92 Å². The van der Waals surface area contributed by atoms with Gasteiger partial charge in [-0.2, -0.15) is 0 Å². The third kappa shape index (κ3) is 4.58. The summed E-state index contributed by atoms with van der Waals surface area (Å²) in [4.78, 5) is 15.7. The molecule has 2 amide bonds. The number of nitrogens with zero attached hydrogens (tertiary/aromatic N) is 1. The third-order valence-corrected chi connectivity index (χ3v) is 5.52. The molecular weight excluding hydrogens is 304 g/mol. The second-order valence-corrected chi connectivity index (χ2v) is 7.08. The van der Waals surface area contributed by atoms with E-state index in [0.717, 1.165) is 45.3 Å². The first-order chi connectivity index (χ1) is 11.3. The van der Waals surface area contributed by atoms with Gasteiger partial charge in [-0.1, -0.05) is 36.4 Å². The van der Waals surface area contributed by atoms with Crippen molar-refractivity contribution in [3.05, 3.63) is 58.3 Å². The highest BCUT2D eigenvalue weighted by Gasteiger charge is 2.23. The van der Waals surface area contributed by atoms with Crippen LogP contribution >= 0.6 is 11.3 Å². The average Bonchev–Trinajstić information content (AvgIpc) is 3.14. The molecule has 1 saturated heterocycles. The minimum Gasteiger partial charge on any atom is -0.338 e. The molecule has 1 aliphatic rings. The van der Waals surface area contributed by atoms with Crippen molar-refractivity contribution in [2.75, 3.05) is 19.6 Å². The molecule has 1 aromatic carbocycles. The molecular formula is C19H24N2OS. The van der Waals surface area contributed by atoms with Crippen molar-refractivity contribution >= 4 is 17.4 Å². The maximum atomic E-state index is 12.2. The Morgan fingerprint density at radius 2 is 1.91 bits per heavy atom. The highest BCUT2D eigenvalue weighted by molar-refractivity contribution is 7.10. The molecule has 2 heterocycles. The fraction of sp³-hybridized carbons (Fsp3) is 0.421. The number of thiophene rings is 1. The highest BCUT2D eigenvalue weighted by Crippen LogP contribution is 2.30. The first-order valence-electron chi connectivity index (χ1n) is 8.43. The topological polar surface area (TPSA) is 32.3 Å². The molecule has 3 nitrogen and oxygen atoms in total. The number of piperidine rings is 1. The summed E-state index contributed by atoms with van der Waals surface area (Å²) in [5.41, 5.74) is 1.33. The van der Waals surface area contributed by atoms with Crippen LogP contribution in [0.4, 0.5) is 4.79 Å². The number of rotatable bonds is 5. The van der Waals surface area contributed by atoms with Crippen LogP contribution in [0.2, 0.25) is 0 Å². The minimum absolute atomic E-state index is 0.0997. The Balaban J connectivity index is 1.35. The van der Waals surface area contributed by atoms with Gasteiger partial charge in [-0.15, -0.1) is 11.3 Å². The fourth-order valence-corrected chi connectivity index (χ4v) is 4.03. The van der Waals surface area contributed by atoms with Crippen molar-refractivity contribution < 1.29 is 4.79 Å². The number of amides is 2. The van der Waals surface area contributed by atoms with Gasteiger partial charge in [0.1, 0.15) is 0 Å². The molecule has 0 spiro atoms. The van der Waals surface area contributed by atoms with Crippen molar-refractivity contribution in [1.29, 1.82) is 0 Å². The van der Waals surface area contributed by atoms with E-state index in [2.05, 4.69) is 47.1 Å². The number of aryl methyl sites for hydroxylation is 1. The predicted molar refractivity (Wildman–Crippen MR) is 96.0 cm³/mol. The number of nitrogens with one attached hydrogen (secondary N) is 1. The highest BCUT2D eigenvalue weighted by atomic mass is 32.1. The van der Waals surface area contributed by atoms with E-state index in [1.54, 1.807) is 0 Å². The minimum atomic E-state index is 0.0997. The van der Waals surface area contributed by atoms with Crippen molar-refractivity contribution in [3.8, 4) is 0 Å². The molecule has 0 saturated carbocycles. The Kier molecular flexibility index (Phi) is 5.70. The van der Waals surface area contributed by atoms with Crippen LogP contribution in [0.1, 0.15) is 35.6 Å². The Morgan fingerprint density at radius 3 is 2.61 bits per heavy atom. The van der Waals surface area contributed by atoms with Crippen LogP contribution in [0, 0.1) is 0 Å². The summed E-state index contributed by atoms with van der Waals surface area (Å²) >= 11 is 1.83.